The molecule has 3 saturated heterocycles. The molecule has 2 aromatic carbocycles. The zero-order chi connectivity index (χ0) is 29.1. The van der Waals surface area contributed by atoms with Crippen LogP contribution in [0.25, 0.3) is 0 Å². The highest BCUT2D eigenvalue weighted by molar-refractivity contribution is 7.89. The smallest absolute Gasteiger partial charge is 0.241 e. The topological polar surface area (TPSA) is 114 Å². The van der Waals surface area contributed by atoms with Crippen molar-refractivity contribution in [3.05, 3.63) is 64.2 Å². The van der Waals surface area contributed by atoms with Crippen LogP contribution in [-0.2, 0) is 26.0 Å². The summed E-state index contributed by atoms with van der Waals surface area (Å²) >= 11 is 6.09. The van der Waals surface area contributed by atoms with Crippen molar-refractivity contribution >= 4 is 33.2 Å². The number of sulfonamides is 1. The molecule has 5 unspecified atom stereocenters. The molecule has 12 heteroatoms. The van der Waals surface area contributed by atoms with Crippen LogP contribution >= 0.6 is 11.6 Å². The van der Waals surface area contributed by atoms with Gasteiger partial charge >= 0.3 is 0 Å². The van der Waals surface area contributed by atoms with Gasteiger partial charge in [0.05, 0.1) is 11.8 Å². The zero-order valence-electron chi connectivity index (χ0n) is 22.8. The lowest BCUT2D eigenvalue weighted by Crippen LogP contribution is -2.57. The quantitative estimate of drug-likeness (QED) is 0.419. The second-order valence-corrected chi connectivity index (χ2v) is 13.8. The van der Waals surface area contributed by atoms with Crippen molar-refractivity contribution in [2.75, 3.05) is 37.4 Å². The minimum Gasteiger partial charge on any atom is -0.381 e. The van der Waals surface area contributed by atoms with E-state index in [1.54, 1.807) is 12.1 Å². The van der Waals surface area contributed by atoms with Gasteiger partial charge in [0.25, 0.3) is 0 Å². The van der Waals surface area contributed by atoms with E-state index in [4.69, 9.17) is 22.1 Å². The number of nitrogens with zero attached hydrogens (tertiary/aromatic N) is 1. The predicted octanol–water partition coefficient (Wildman–Crippen LogP) is 3.79. The molecule has 4 N–H and O–H groups in total. The Morgan fingerprint density at radius 2 is 1.90 bits per heavy atom. The number of nitrogens with two attached hydrogens (primary N) is 1. The molecule has 3 fully saturated rings. The molecule has 2 aromatic rings. The zero-order valence-corrected chi connectivity index (χ0v) is 24.4. The summed E-state index contributed by atoms with van der Waals surface area (Å²) in [4.78, 5) is 13.5. The number of nitrogens with one attached hydrogen (secondary N) is 2. The maximum atomic E-state index is 15.1. The third-order valence-corrected chi connectivity index (χ3v) is 10.8. The lowest BCUT2D eigenvalue weighted by Gasteiger charge is -2.37. The van der Waals surface area contributed by atoms with E-state index >= 15 is 4.39 Å². The van der Waals surface area contributed by atoms with Gasteiger partial charge in [0, 0.05) is 66.6 Å². The number of piperazine rings is 1. The fourth-order valence-electron chi connectivity index (χ4n) is 6.44. The first kappa shape index (κ1) is 30.3. The van der Waals surface area contributed by atoms with Gasteiger partial charge in [-0.2, -0.15) is 4.31 Å². The van der Waals surface area contributed by atoms with E-state index in [-0.39, 0.29) is 47.3 Å². The molecule has 5 atom stereocenters. The number of rotatable bonds is 8. The third-order valence-electron chi connectivity index (χ3n) is 8.63. The van der Waals surface area contributed by atoms with Crippen molar-refractivity contribution in [2.24, 2.45) is 11.7 Å². The van der Waals surface area contributed by atoms with Crippen molar-refractivity contribution in [3.63, 3.8) is 0 Å². The van der Waals surface area contributed by atoms with Crippen LogP contribution in [0.4, 0.5) is 14.5 Å². The molecule has 1 amide bonds. The number of amides is 1. The average Bonchev–Trinajstić information content (AvgIpc) is 3.06. The van der Waals surface area contributed by atoms with Crippen LogP contribution in [0.1, 0.15) is 49.1 Å². The first-order chi connectivity index (χ1) is 19.6. The maximum absolute atomic E-state index is 15.1. The summed E-state index contributed by atoms with van der Waals surface area (Å²) in [7, 11) is -3.42. The number of hydrogen-bond acceptors (Lipinski definition) is 6. The van der Waals surface area contributed by atoms with Crippen LogP contribution in [0.2, 0.25) is 5.02 Å². The summed E-state index contributed by atoms with van der Waals surface area (Å²) in [5.41, 5.74) is 7.56. The Hall–Kier alpha value is -2.15. The summed E-state index contributed by atoms with van der Waals surface area (Å²) in [5.74, 6) is -2.37. The van der Waals surface area contributed by atoms with Crippen molar-refractivity contribution in [2.45, 2.75) is 62.6 Å². The van der Waals surface area contributed by atoms with E-state index in [2.05, 4.69) is 10.6 Å². The minimum absolute atomic E-state index is 0.00477. The molecule has 3 heterocycles. The first-order valence-corrected chi connectivity index (χ1v) is 16.2. The van der Waals surface area contributed by atoms with Crippen LogP contribution in [0.15, 0.2) is 36.4 Å². The highest BCUT2D eigenvalue weighted by Crippen LogP contribution is 2.36. The van der Waals surface area contributed by atoms with Crippen LogP contribution in [0.3, 0.4) is 0 Å². The van der Waals surface area contributed by atoms with Gasteiger partial charge in [0.1, 0.15) is 11.6 Å². The Labute approximate surface area is 245 Å². The van der Waals surface area contributed by atoms with Gasteiger partial charge < -0.3 is 21.1 Å². The van der Waals surface area contributed by atoms with E-state index in [1.807, 2.05) is 12.1 Å². The Morgan fingerprint density at radius 3 is 2.63 bits per heavy atom. The van der Waals surface area contributed by atoms with Gasteiger partial charge in [-0.15, -0.1) is 0 Å². The van der Waals surface area contributed by atoms with Crippen LogP contribution in [0, 0.1) is 17.6 Å². The molecule has 224 valence electrons. The normalized spacial score (nSPS) is 26.1. The number of carbonyl (C=O) groups excluding carboxylic acids is 1. The molecular weight excluding hydrogens is 574 g/mol. The second-order valence-electron chi connectivity index (χ2n) is 11.3. The van der Waals surface area contributed by atoms with Crippen molar-refractivity contribution in [1.29, 1.82) is 0 Å². The third kappa shape index (κ3) is 7.09. The molecule has 2 bridgehead atoms. The maximum Gasteiger partial charge on any atom is 0.241 e. The van der Waals surface area contributed by atoms with E-state index in [0.717, 1.165) is 37.0 Å². The van der Waals surface area contributed by atoms with E-state index < -0.39 is 33.6 Å². The van der Waals surface area contributed by atoms with Gasteiger partial charge in [0.15, 0.2) is 0 Å². The molecule has 41 heavy (non-hydrogen) atoms. The predicted molar refractivity (Wildman–Crippen MR) is 154 cm³/mol. The Kier molecular flexibility index (Phi) is 9.62. The molecular formula is C29H37ClF2N4O4S. The number of halogens is 3. The van der Waals surface area contributed by atoms with Crippen LogP contribution < -0.4 is 16.4 Å². The summed E-state index contributed by atoms with van der Waals surface area (Å²) < 4.78 is 62.3. The molecule has 0 aromatic heterocycles. The lowest BCUT2D eigenvalue weighted by atomic mass is 9.76. The van der Waals surface area contributed by atoms with Crippen LogP contribution in [-0.4, -0.2) is 68.8 Å². The van der Waals surface area contributed by atoms with E-state index in [9.17, 15) is 17.6 Å². The lowest BCUT2D eigenvalue weighted by molar-refractivity contribution is -0.118. The van der Waals surface area contributed by atoms with E-state index in [1.165, 1.54) is 4.31 Å². The first-order valence-electron chi connectivity index (χ1n) is 14.2. The molecule has 0 radical (unpaired) electrons. The average molecular weight is 611 g/mol. The SMILES string of the molecule is NC(C(=O)Nc1cc(F)cc(F)c1CCC1CNC2CCCS(=O)(=O)N1C2)C(c1ccc(Cl)cc1)C1CCOCC1. The monoisotopic (exact) mass is 610 g/mol. The van der Waals surface area contributed by atoms with Gasteiger partial charge in [-0.05, 0) is 68.2 Å². The second kappa shape index (κ2) is 13.0. The highest BCUT2D eigenvalue weighted by Gasteiger charge is 2.38. The summed E-state index contributed by atoms with van der Waals surface area (Å²) in [6, 6.07) is 7.81. The Balaban J connectivity index is 1.35. The number of carbonyl (C=O) groups is 1. The molecule has 0 aliphatic carbocycles. The van der Waals surface area contributed by atoms with Crippen molar-refractivity contribution in [1.82, 2.24) is 9.62 Å². The largest absolute Gasteiger partial charge is 0.381 e. The fourth-order valence-corrected chi connectivity index (χ4v) is 8.37. The summed E-state index contributed by atoms with van der Waals surface area (Å²) in [6.45, 7) is 1.96. The Morgan fingerprint density at radius 1 is 1.17 bits per heavy atom. The minimum atomic E-state index is -3.42. The van der Waals surface area contributed by atoms with Crippen LogP contribution in [0.5, 0.6) is 0 Å². The molecule has 5 rings (SSSR count). The number of anilines is 1. The van der Waals surface area contributed by atoms with Gasteiger partial charge in [-0.3, -0.25) is 4.79 Å². The summed E-state index contributed by atoms with van der Waals surface area (Å²) in [6.07, 6.45) is 3.26. The number of benzene rings is 2. The standard InChI is InChI=1S/C29H37ClF2N4O4S/c30-20-5-3-18(4-6-20)27(19-9-11-40-12-10-19)28(33)29(37)35-26-15-21(31)14-25(32)24(26)8-7-23-16-34-22-2-1-13-41(38,39)36(23)17-22/h3-6,14-15,19,22-23,27-28,34H,1-2,7-13,16-17,33H2,(H,35,37). The number of hydrogen-bond donors (Lipinski definition) is 3. The van der Waals surface area contributed by atoms with Crippen molar-refractivity contribution in [3.8, 4) is 0 Å². The molecule has 3 aliphatic rings. The highest BCUT2D eigenvalue weighted by atomic mass is 35.5. The molecule has 3 aliphatic heterocycles. The molecule has 0 spiro atoms. The van der Waals surface area contributed by atoms with Gasteiger partial charge in [-0.1, -0.05) is 23.7 Å². The number of fused-ring (bicyclic) bond motifs is 2. The number of ether oxygens (including phenoxy) is 1. The summed E-state index contributed by atoms with van der Waals surface area (Å²) in [5, 5.41) is 6.66. The van der Waals surface area contributed by atoms with Crippen molar-refractivity contribution < 1.29 is 26.7 Å². The Bertz CT molecular complexity index is 1340. The molecule has 0 saturated carbocycles. The van der Waals surface area contributed by atoms with E-state index in [0.29, 0.717) is 44.2 Å². The van der Waals surface area contributed by atoms with Gasteiger partial charge in [0.2, 0.25) is 15.9 Å². The fraction of sp³-hybridized carbons (Fsp3) is 0.552. The van der Waals surface area contributed by atoms with Gasteiger partial charge in [-0.25, -0.2) is 17.2 Å². The molecule has 8 nitrogen and oxygen atoms in total.